The molecule has 0 fully saturated rings. The van der Waals surface area contributed by atoms with Crippen LogP contribution in [0.2, 0.25) is 5.02 Å². The molecule has 1 aromatic heterocycles. The summed E-state index contributed by atoms with van der Waals surface area (Å²) in [6.45, 7) is 0. The second-order valence-corrected chi connectivity index (χ2v) is 5.82. The van der Waals surface area contributed by atoms with Crippen LogP contribution in [0.5, 0.6) is 0 Å². The number of anilines is 1. The lowest BCUT2D eigenvalue weighted by Gasteiger charge is -2.07. The molecule has 20 heavy (non-hydrogen) atoms. The van der Waals surface area contributed by atoms with E-state index in [1.807, 2.05) is 24.3 Å². The first-order chi connectivity index (χ1) is 9.69. The van der Waals surface area contributed by atoms with Crippen molar-refractivity contribution in [1.29, 1.82) is 0 Å². The number of nitrogens with one attached hydrogen (secondary N) is 2. The van der Waals surface area contributed by atoms with Crippen molar-refractivity contribution in [3.8, 4) is 0 Å². The molecule has 0 saturated carbocycles. The lowest BCUT2D eigenvalue weighted by molar-refractivity contribution is -0.117. The average Bonchev–Trinajstić information content (AvgIpc) is 2.76. The van der Waals surface area contributed by atoms with Gasteiger partial charge < -0.3 is 10.6 Å². The lowest BCUT2D eigenvalue weighted by Crippen LogP contribution is -2.23. The first-order valence-electron chi connectivity index (χ1n) is 6.09. The van der Waals surface area contributed by atoms with Crippen LogP contribution in [0, 0.1) is 0 Å². The monoisotopic (exact) mass is 305 g/mol. The first kappa shape index (κ1) is 13.4. The molecule has 1 amide bonds. The van der Waals surface area contributed by atoms with Crippen LogP contribution in [0.25, 0.3) is 0 Å². The topological polar surface area (TPSA) is 54.0 Å². The number of amides is 1. The van der Waals surface area contributed by atoms with E-state index in [0.29, 0.717) is 5.02 Å². The van der Waals surface area contributed by atoms with Gasteiger partial charge in [0.25, 0.3) is 0 Å². The Morgan fingerprint density at radius 3 is 3.00 bits per heavy atom. The molecule has 3 rings (SSSR count). The molecule has 1 aliphatic heterocycles. The van der Waals surface area contributed by atoms with Crippen LogP contribution < -0.4 is 10.6 Å². The zero-order chi connectivity index (χ0) is 14.1. The number of carbonyl (C=O) groups is 1. The maximum Gasteiger partial charge on any atom is 0.246 e. The fraction of sp³-hybridized carbons (Fsp3) is 0.143. The predicted molar refractivity (Wildman–Crippen MR) is 80.2 cm³/mol. The maximum atomic E-state index is 11.8. The van der Waals surface area contributed by atoms with Crippen LogP contribution in [0.3, 0.4) is 0 Å². The van der Waals surface area contributed by atoms with Crippen molar-refractivity contribution in [3.63, 3.8) is 0 Å². The van der Waals surface area contributed by atoms with Crippen molar-refractivity contribution in [1.82, 2.24) is 10.3 Å². The van der Waals surface area contributed by atoms with Gasteiger partial charge >= 0.3 is 0 Å². The number of aromatic nitrogens is 1. The number of fused-ring (bicyclic) bond motifs is 1. The standard InChI is InChI=1S/C14H12ClN3OS/c1-16-12-9-5-4-8(7-11(9)18-13(12)19)20-14-10(15)3-2-6-17-14/h2-7,12,16H,1H3,(H,18,19). The molecule has 2 heterocycles. The SMILES string of the molecule is CNC1C(=O)Nc2cc(Sc3ncccc3Cl)ccc21. The summed E-state index contributed by atoms with van der Waals surface area (Å²) in [5.41, 5.74) is 1.81. The molecule has 6 heteroatoms. The quantitative estimate of drug-likeness (QED) is 0.915. The second-order valence-electron chi connectivity index (χ2n) is 4.35. The van der Waals surface area contributed by atoms with E-state index in [1.165, 1.54) is 11.8 Å². The van der Waals surface area contributed by atoms with E-state index in [1.54, 1.807) is 19.3 Å². The van der Waals surface area contributed by atoms with Crippen LogP contribution in [-0.2, 0) is 4.79 Å². The molecule has 2 N–H and O–H groups in total. The van der Waals surface area contributed by atoms with Gasteiger partial charge in [0.1, 0.15) is 11.1 Å². The van der Waals surface area contributed by atoms with Gasteiger partial charge in [0.2, 0.25) is 5.91 Å². The molecule has 0 spiro atoms. The molecular weight excluding hydrogens is 294 g/mol. The number of halogens is 1. The van der Waals surface area contributed by atoms with E-state index in [2.05, 4.69) is 15.6 Å². The van der Waals surface area contributed by atoms with Crippen molar-refractivity contribution in [2.45, 2.75) is 16.0 Å². The number of rotatable bonds is 3. The minimum atomic E-state index is -0.275. The smallest absolute Gasteiger partial charge is 0.246 e. The van der Waals surface area contributed by atoms with Gasteiger partial charge in [-0.2, -0.15) is 0 Å². The van der Waals surface area contributed by atoms with Gasteiger partial charge in [0, 0.05) is 22.3 Å². The number of hydrogen-bond acceptors (Lipinski definition) is 4. The number of benzene rings is 1. The number of likely N-dealkylation sites (N-methyl/N-ethyl adjacent to an activating group) is 1. The van der Waals surface area contributed by atoms with Gasteiger partial charge in [-0.05, 0) is 31.3 Å². The molecular formula is C14H12ClN3OS. The highest BCUT2D eigenvalue weighted by atomic mass is 35.5. The van der Waals surface area contributed by atoms with Crippen LogP contribution in [0.15, 0.2) is 46.5 Å². The molecule has 1 atom stereocenters. The highest BCUT2D eigenvalue weighted by molar-refractivity contribution is 7.99. The lowest BCUT2D eigenvalue weighted by atomic mass is 10.1. The van der Waals surface area contributed by atoms with Crippen molar-refractivity contribution in [3.05, 3.63) is 47.1 Å². The van der Waals surface area contributed by atoms with E-state index in [9.17, 15) is 4.79 Å². The zero-order valence-corrected chi connectivity index (χ0v) is 12.3. The number of hydrogen-bond donors (Lipinski definition) is 2. The summed E-state index contributed by atoms with van der Waals surface area (Å²) < 4.78 is 0. The van der Waals surface area contributed by atoms with Gasteiger partial charge in [-0.1, -0.05) is 29.4 Å². The number of nitrogens with zero attached hydrogens (tertiary/aromatic N) is 1. The van der Waals surface area contributed by atoms with E-state index in [4.69, 9.17) is 11.6 Å². The van der Waals surface area contributed by atoms with Gasteiger partial charge in [-0.3, -0.25) is 4.79 Å². The average molecular weight is 306 g/mol. The Kier molecular flexibility index (Phi) is 3.65. The highest BCUT2D eigenvalue weighted by Gasteiger charge is 2.29. The fourth-order valence-corrected chi connectivity index (χ4v) is 3.20. The van der Waals surface area contributed by atoms with Gasteiger partial charge in [0.05, 0.1) is 5.02 Å². The fourth-order valence-electron chi connectivity index (χ4n) is 2.15. The predicted octanol–water partition coefficient (Wildman–Crippen LogP) is 3.10. The summed E-state index contributed by atoms with van der Waals surface area (Å²) in [4.78, 5) is 17.0. The maximum absolute atomic E-state index is 11.8. The summed E-state index contributed by atoms with van der Waals surface area (Å²) in [6.07, 6.45) is 1.71. The van der Waals surface area contributed by atoms with Crippen LogP contribution in [0.4, 0.5) is 5.69 Å². The summed E-state index contributed by atoms with van der Waals surface area (Å²) in [5, 5.41) is 7.24. The van der Waals surface area contributed by atoms with Crippen LogP contribution in [0.1, 0.15) is 11.6 Å². The number of carbonyl (C=O) groups excluding carboxylic acids is 1. The molecule has 0 bridgehead atoms. The third-order valence-electron chi connectivity index (χ3n) is 3.08. The van der Waals surface area contributed by atoms with E-state index >= 15 is 0 Å². The Balaban J connectivity index is 1.90. The highest BCUT2D eigenvalue weighted by Crippen LogP contribution is 2.37. The van der Waals surface area contributed by atoms with Crippen molar-refractivity contribution < 1.29 is 4.79 Å². The molecule has 0 radical (unpaired) electrons. The number of pyridine rings is 1. The Bertz CT molecular complexity index is 677. The summed E-state index contributed by atoms with van der Waals surface area (Å²) >= 11 is 7.57. The molecule has 1 aliphatic rings. The van der Waals surface area contributed by atoms with Gasteiger partial charge in [0.15, 0.2) is 0 Å². The summed E-state index contributed by atoms with van der Waals surface area (Å²) in [7, 11) is 1.77. The van der Waals surface area contributed by atoms with Crippen molar-refractivity contribution in [2.24, 2.45) is 0 Å². The normalized spacial score (nSPS) is 16.9. The van der Waals surface area contributed by atoms with E-state index < -0.39 is 0 Å². The Labute approximate surface area is 125 Å². The van der Waals surface area contributed by atoms with Crippen molar-refractivity contribution >= 4 is 35.0 Å². The second kappa shape index (κ2) is 5.44. The van der Waals surface area contributed by atoms with Crippen LogP contribution in [-0.4, -0.2) is 17.9 Å². The largest absolute Gasteiger partial charge is 0.324 e. The third-order valence-corrected chi connectivity index (χ3v) is 4.51. The Morgan fingerprint density at radius 2 is 2.25 bits per heavy atom. The van der Waals surface area contributed by atoms with Crippen LogP contribution >= 0.6 is 23.4 Å². The van der Waals surface area contributed by atoms with E-state index in [0.717, 1.165) is 21.2 Å². The Morgan fingerprint density at radius 1 is 1.40 bits per heavy atom. The summed E-state index contributed by atoms with van der Waals surface area (Å²) in [6, 6.07) is 9.20. The van der Waals surface area contributed by atoms with Gasteiger partial charge in [-0.15, -0.1) is 0 Å². The molecule has 4 nitrogen and oxygen atoms in total. The van der Waals surface area contributed by atoms with Gasteiger partial charge in [-0.25, -0.2) is 4.98 Å². The molecule has 1 aromatic carbocycles. The molecule has 0 aliphatic carbocycles. The minimum Gasteiger partial charge on any atom is -0.324 e. The Hall–Kier alpha value is -1.56. The third kappa shape index (κ3) is 2.40. The molecule has 102 valence electrons. The zero-order valence-electron chi connectivity index (χ0n) is 10.7. The van der Waals surface area contributed by atoms with Crippen molar-refractivity contribution in [2.75, 3.05) is 12.4 Å². The molecule has 2 aromatic rings. The molecule has 1 unspecified atom stereocenters. The molecule has 0 saturated heterocycles. The minimum absolute atomic E-state index is 0.0273. The van der Waals surface area contributed by atoms with E-state index in [-0.39, 0.29) is 11.9 Å². The first-order valence-corrected chi connectivity index (χ1v) is 7.29. The summed E-state index contributed by atoms with van der Waals surface area (Å²) in [5.74, 6) is -0.0273.